The average Bonchev–Trinajstić information content (AvgIpc) is 3.32. The Balaban J connectivity index is 1.70. The van der Waals surface area contributed by atoms with Crippen LogP contribution in [-0.2, 0) is 13.0 Å². The number of aryl methyl sites for hydroxylation is 1. The number of fused-ring (bicyclic) bond motifs is 1. The fraction of sp³-hybridized carbons (Fsp3) is 0.545. The monoisotopic (exact) mass is 466 g/mol. The molecular weight excluding hydrogens is 440 g/mol. The quantitative estimate of drug-likeness (QED) is 0.468. The number of nitrogens with zero attached hydrogens (tertiary/aromatic N) is 2. The van der Waals surface area contributed by atoms with Crippen LogP contribution in [-0.4, -0.2) is 32.9 Å². The Morgan fingerprint density at radius 1 is 1.29 bits per heavy atom. The first kappa shape index (κ1) is 22.1. The number of carbonyl (C=O) groups is 1. The number of aromatic nitrogens is 2. The van der Waals surface area contributed by atoms with Crippen LogP contribution < -0.4 is 14.2 Å². The van der Waals surface area contributed by atoms with Crippen LogP contribution in [0, 0.1) is 0 Å². The summed E-state index contributed by atoms with van der Waals surface area (Å²) in [7, 11) is 0. The molecule has 9 heteroatoms. The zero-order chi connectivity index (χ0) is 21.8. The molecule has 1 fully saturated rings. The van der Waals surface area contributed by atoms with Gasteiger partial charge in [-0.3, -0.25) is 4.57 Å². The topological polar surface area (TPSA) is 82.8 Å². The van der Waals surface area contributed by atoms with Gasteiger partial charge in [0, 0.05) is 22.8 Å². The molecule has 1 N–H and O–H groups in total. The molecule has 0 spiro atoms. The van der Waals surface area contributed by atoms with Gasteiger partial charge in [-0.1, -0.05) is 56.0 Å². The van der Waals surface area contributed by atoms with Crippen molar-refractivity contribution in [2.24, 2.45) is 0 Å². The molecule has 1 aromatic carbocycles. The Labute approximate surface area is 191 Å². The molecule has 168 valence electrons. The molecule has 7 nitrogen and oxygen atoms in total. The van der Waals surface area contributed by atoms with Gasteiger partial charge in [0.2, 0.25) is 12.7 Å². The number of benzene rings is 1. The number of hydrogen-bond acceptors (Lipinski definition) is 6. The van der Waals surface area contributed by atoms with E-state index < -0.39 is 6.16 Å². The Morgan fingerprint density at radius 2 is 2.03 bits per heavy atom. The van der Waals surface area contributed by atoms with E-state index in [0.717, 1.165) is 43.5 Å². The van der Waals surface area contributed by atoms with Crippen LogP contribution in [0.15, 0.2) is 17.2 Å². The van der Waals surface area contributed by atoms with E-state index in [1.165, 1.54) is 19.3 Å². The van der Waals surface area contributed by atoms with Crippen LogP contribution in [0.3, 0.4) is 0 Å². The summed E-state index contributed by atoms with van der Waals surface area (Å²) in [6.45, 7) is 2.63. The Kier molecular flexibility index (Phi) is 7.17. The summed E-state index contributed by atoms with van der Waals surface area (Å²) in [5.41, 5.74) is 0.797. The number of halogens is 1. The molecule has 2 heterocycles. The van der Waals surface area contributed by atoms with E-state index in [-0.39, 0.29) is 12.7 Å². The molecule has 0 amide bonds. The van der Waals surface area contributed by atoms with Crippen molar-refractivity contribution in [2.45, 2.75) is 75.1 Å². The van der Waals surface area contributed by atoms with Crippen molar-refractivity contribution in [3.05, 3.63) is 28.5 Å². The minimum Gasteiger partial charge on any atom is -0.454 e. The van der Waals surface area contributed by atoms with Crippen LogP contribution in [0.4, 0.5) is 4.79 Å². The lowest BCUT2D eigenvalue weighted by Crippen LogP contribution is -2.13. The van der Waals surface area contributed by atoms with Crippen molar-refractivity contribution in [1.29, 1.82) is 0 Å². The minimum absolute atomic E-state index is 0.164. The standard InChI is InChI=1S/C22H27ClN2O5S/c1-2-3-9-19-24-20(31-15-7-5-4-6-8-15)21(30-22(26)27)25(19)12-14-10-17-18(11-16(14)23)29-13-28-17/h10-11,15H,2-9,12-13H2,1H3,(H,26,27). The SMILES string of the molecule is CCCCc1nc(SC2CCCCC2)c(OC(=O)O)n1Cc1cc2c(cc1Cl)OCO2. The fourth-order valence-corrected chi connectivity index (χ4v) is 5.51. The molecule has 0 unspecified atom stereocenters. The fourth-order valence-electron chi connectivity index (χ4n) is 4.00. The highest BCUT2D eigenvalue weighted by molar-refractivity contribution is 8.00. The number of hydrogen-bond donors (Lipinski definition) is 1. The number of thioether (sulfide) groups is 1. The van der Waals surface area contributed by atoms with Crippen LogP contribution in [0.1, 0.15) is 63.3 Å². The van der Waals surface area contributed by atoms with E-state index in [0.29, 0.717) is 33.3 Å². The van der Waals surface area contributed by atoms with Crippen LogP contribution in [0.25, 0.3) is 0 Å². The predicted octanol–water partition coefficient (Wildman–Crippen LogP) is 6.14. The molecule has 0 bridgehead atoms. The summed E-state index contributed by atoms with van der Waals surface area (Å²) in [6.07, 6.45) is 7.24. The molecule has 4 rings (SSSR count). The van der Waals surface area contributed by atoms with Crippen molar-refractivity contribution < 1.29 is 24.1 Å². The molecule has 0 atom stereocenters. The summed E-state index contributed by atoms with van der Waals surface area (Å²) < 4.78 is 18.0. The van der Waals surface area contributed by atoms with Gasteiger partial charge in [-0.25, -0.2) is 9.78 Å². The molecule has 1 aromatic heterocycles. The molecule has 1 aliphatic heterocycles. The maximum Gasteiger partial charge on any atom is 0.512 e. The number of ether oxygens (including phenoxy) is 3. The number of imidazole rings is 1. The van der Waals surface area contributed by atoms with Gasteiger partial charge < -0.3 is 19.3 Å². The lowest BCUT2D eigenvalue weighted by atomic mass is 10.0. The Bertz CT molecular complexity index is 942. The third kappa shape index (κ3) is 5.23. The lowest BCUT2D eigenvalue weighted by molar-refractivity contribution is 0.139. The van der Waals surface area contributed by atoms with Crippen molar-refractivity contribution in [2.75, 3.05) is 6.79 Å². The molecule has 0 radical (unpaired) electrons. The van der Waals surface area contributed by atoms with Gasteiger partial charge in [0.05, 0.1) is 6.54 Å². The van der Waals surface area contributed by atoms with Gasteiger partial charge in [-0.2, -0.15) is 0 Å². The van der Waals surface area contributed by atoms with Gasteiger partial charge in [0.15, 0.2) is 16.5 Å². The molecule has 2 aromatic rings. The van der Waals surface area contributed by atoms with Crippen LogP contribution in [0.5, 0.6) is 17.4 Å². The van der Waals surface area contributed by atoms with E-state index >= 15 is 0 Å². The molecule has 31 heavy (non-hydrogen) atoms. The van der Waals surface area contributed by atoms with E-state index in [1.54, 1.807) is 17.8 Å². The summed E-state index contributed by atoms with van der Waals surface area (Å²) in [5.74, 6) is 2.33. The maximum atomic E-state index is 11.5. The van der Waals surface area contributed by atoms with Crippen molar-refractivity contribution in [3.63, 3.8) is 0 Å². The minimum atomic E-state index is -1.34. The Hall–Kier alpha value is -2.06. The highest BCUT2D eigenvalue weighted by atomic mass is 35.5. The predicted molar refractivity (Wildman–Crippen MR) is 119 cm³/mol. The second-order valence-electron chi connectivity index (χ2n) is 7.87. The first-order valence-electron chi connectivity index (χ1n) is 10.8. The summed E-state index contributed by atoms with van der Waals surface area (Å²) >= 11 is 8.14. The first-order chi connectivity index (χ1) is 15.0. The third-order valence-corrected chi connectivity index (χ3v) is 7.25. The van der Waals surface area contributed by atoms with E-state index in [1.807, 2.05) is 10.6 Å². The van der Waals surface area contributed by atoms with E-state index in [4.69, 9.17) is 30.8 Å². The molecule has 1 saturated carbocycles. The number of unbranched alkanes of at least 4 members (excludes halogenated alkanes) is 1. The van der Waals surface area contributed by atoms with Gasteiger partial charge in [0.1, 0.15) is 5.82 Å². The van der Waals surface area contributed by atoms with Crippen molar-refractivity contribution in [3.8, 4) is 17.4 Å². The Morgan fingerprint density at radius 3 is 2.74 bits per heavy atom. The molecule has 2 aliphatic rings. The largest absolute Gasteiger partial charge is 0.512 e. The summed E-state index contributed by atoms with van der Waals surface area (Å²) in [5, 5.41) is 11.0. The smallest absolute Gasteiger partial charge is 0.454 e. The second-order valence-corrected chi connectivity index (χ2v) is 9.57. The summed E-state index contributed by atoms with van der Waals surface area (Å²) in [4.78, 5) is 16.4. The summed E-state index contributed by atoms with van der Waals surface area (Å²) in [6, 6.07) is 3.57. The van der Waals surface area contributed by atoms with Crippen molar-refractivity contribution in [1.82, 2.24) is 9.55 Å². The van der Waals surface area contributed by atoms with Crippen LogP contribution in [0.2, 0.25) is 5.02 Å². The second kappa shape index (κ2) is 10.0. The molecule has 1 aliphatic carbocycles. The van der Waals surface area contributed by atoms with Gasteiger partial charge in [-0.15, -0.1) is 0 Å². The number of carboxylic acid groups (broad SMARTS) is 1. The van der Waals surface area contributed by atoms with Gasteiger partial charge in [0.25, 0.3) is 0 Å². The molecule has 0 saturated heterocycles. The van der Waals surface area contributed by atoms with E-state index in [2.05, 4.69) is 6.92 Å². The molecular formula is C22H27ClN2O5S. The normalized spacial score (nSPS) is 15.9. The zero-order valence-corrected chi connectivity index (χ0v) is 19.1. The van der Waals surface area contributed by atoms with Gasteiger partial charge in [-0.05, 0) is 30.9 Å². The zero-order valence-electron chi connectivity index (χ0n) is 17.6. The highest BCUT2D eigenvalue weighted by Gasteiger charge is 2.26. The van der Waals surface area contributed by atoms with Crippen molar-refractivity contribution >= 4 is 29.5 Å². The highest BCUT2D eigenvalue weighted by Crippen LogP contribution is 2.41. The lowest BCUT2D eigenvalue weighted by Gasteiger charge is -2.20. The first-order valence-corrected chi connectivity index (χ1v) is 12.1. The van der Waals surface area contributed by atoms with Gasteiger partial charge >= 0.3 is 6.16 Å². The van der Waals surface area contributed by atoms with E-state index in [9.17, 15) is 9.90 Å². The number of rotatable bonds is 8. The maximum absolute atomic E-state index is 11.5. The average molecular weight is 467 g/mol. The third-order valence-electron chi connectivity index (χ3n) is 5.61. The van der Waals surface area contributed by atoms with Crippen LogP contribution >= 0.6 is 23.4 Å².